The molecule has 3 rings (SSSR count). The summed E-state index contributed by atoms with van der Waals surface area (Å²) in [6.07, 6.45) is 0. The van der Waals surface area contributed by atoms with Crippen LogP contribution in [0, 0.1) is 13.8 Å². The summed E-state index contributed by atoms with van der Waals surface area (Å²) in [7, 11) is 1.67. The van der Waals surface area contributed by atoms with Gasteiger partial charge in [0.25, 0.3) is 5.91 Å². The standard InChI is InChI=1S/C21H26N2O3/c1-16-6-4-9-20(17(16)2)26-15-21(24)23-12-10-22(11-13-23)18-7-5-8-19(14-18)25-3/h4-9,14H,10-13,15H2,1-3H3. The molecule has 0 aromatic heterocycles. The predicted octanol–water partition coefficient (Wildman–Crippen LogP) is 3.04. The van der Waals surface area contributed by atoms with Gasteiger partial charge in [-0.1, -0.05) is 18.2 Å². The first-order valence-electron chi connectivity index (χ1n) is 8.94. The first kappa shape index (κ1) is 18.1. The lowest BCUT2D eigenvalue weighted by atomic mass is 10.1. The van der Waals surface area contributed by atoms with Crippen molar-refractivity contribution >= 4 is 11.6 Å². The van der Waals surface area contributed by atoms with Crippen LogP contribution in [0.5, 0.6) is 11.5 Å². The zero-order chi connectivity index (χ0) is 18.5. The molecule has 0 unspecified atom stereocenters. The van der Waals surface area contributed by atoms with Crippen molar-refractivity contribution in [2.24, 2.45) is 0 Å². The first-order valence-corrected chi connectivity index (χ1v) is 8.94. The third-order valence-corrected chi connectivity index (χ3v) is 4.96. The van der Waals surface area contributed by atoms with E-state index in [1.165, 1.54) is 5.56 Å². The number of hydrogen-bond donors (Lipinski definition) is 0. The van der Waals surface area contributed by atoms with Crippen LogP contribution in [-0.4, -0.2) is 50.7 Å². The van der Waals surface area contributed by atoms with Gasteiger partial charge in [-0.05, 0) is 43.2 Å². The fourth-order valence-corrected chi connectivity index (χ4v) is 3.13. The molecule has 0 saturated carbocycles. The van der Waals surface area contributed by atoms with Crippen molar-refractivity contribution in [1.82, 2.24) is 4.90 Å². The van der Waals surface area contributed by atoms with Crippen molar-refractivity contribution in [3.8, 4) is 11.5 Å². The maximum Gasteiger partial charge on any atom is 0.260 e. The van der Waals surface area contributed by atoms with Crippen molar-refractivity contribution < 1.29 is 14.3 Å². The number of anilines is 1. The quantitative estimate of drug-likeness (QED) is 0.828. The van der Waals surface area contributed by atoms with Gasteiger partial charge in [-0.3, -0.25) is 4.79 Å². The van der Waals surface area contributed by atoms with Gasteiger partial charge in [-0.15, -0.1) is 0 Å². The van der Waals surface area contributed by atoms with E-state index in [9.17, 15) is 4.79 Å². The topological polar surface area (TPSA) is 42.0 Å². The van der Waals surface area contributed by atoms with E-state index in [1.807, 2.05) is 55.1 Å². The van der Waals surface area contributed by atoms with Gasteiger partial charge in [0, 0.05) is 37.9 Å². The maximum atomic E-state index is 12.5. The van der Waals surface area contributed by atoms with Crippen molar-refractivity contribution in [3.05, 3.63) is 53.6 Å². The third-order valence-electron chi connectivity index (χ3n) is 4.96. The fourth-order valence-electron chi connectivity index (χ4n) is 3.13. The Hall–Kier alpha value is -2.69. The SMILES string of the molecule is COc1cccc(N2CCN(C(=O)COc3cccc(C)c3C)CC2)c1. The van der Waals surface area contributed by atoms with E-state index in [0.717, 1.165) is 35.8 Å². The summed E-state index contributed by atoms with van der Waals surface area (Å²) >= 11 is 0. The Balaban J connectivity index is 1.52. The van der Waals surface area contributed by atoms with Crippen LogP contribution >= 0.6 is 0 Å². The lowest BCUT2D eigenvalue weighted by Crippen LogP contribution is -2.50. The molecule has 138 valence electrons. The van der Waals surface area contributed by atoms with E-state index in [-0.39, 0.29) is 12.5 Å². The summed E-state index contributed by atoms with van der Waals surface area (Å²) in [5.41, 5.74) is 3.38. The molecule has 1 aliphatic rings. The van der Waals surface area contributed by atoms with Crippen LogP contribution in [0.2, 0.25) is 0 Å². The highest BCUT2D eigenvalue weighted by Gasteiger charge is 2.22. The average molecular weight is 354 g/mol. The van der Waals surface area contributed by atoms with Crippen LogP contribution in [0.1, 0.15) is 11.1 Å². The van der Waals surface area contributed by atoms with Gasteiger partial charge in [0.05, 0.1) is 7.11 Å². The molecule has 1 heterocycles. The second kappa shape index (κ2) is 8.13. The highest BCUT2D eigenvalue weighted by atomic mass is 16.5. The molecule has 1 amide bonds. The zero-order valence-electron chi connectivity index (χ0n) is 15.7. The molecule has 2 aromatic rings. The Kier molecular flexibility index (Phi) is 5.66. The number of carbonyl (C=O) groups is 1. The molecule has 1 aliphatic heterocycles. The van der Waals surface area contributed by atoms with Crippen LogP contribution in [0.25, 0.3) is 0 Å². The maximum absolute atomic E-state index is 12.5. The van der Waals surface area contributed by atoms with Crippen LogP contribution in [0.15, 0.2) is 42.5 Å². The van der Waals surface area contributed by atoms with Crippen LogP contribution < -0.4 is 14.4 Å². The van der Waals surface area contributed by atoms with Crippen molar-refractivity contribution in [3.63, 3.8) is 0 Å². The molecule has 0 N–H and O–H groups in total. The first-order chi connectivity index (χ1) is 12.6. The Bertz CT molecular complexity index is 768. The minimum absolute atomic E-state index is 0.0381. The molecular weight excluding hydrogens is 328 g/mol. The summed E-state index contributed by atoms with van der Waals surface area (Å²) < 4.78 is 11.0. The van der Waals surface area contributed by atoms with Crippen LogP contribution in [0.3, 0.4) is 0 Å². The summed E-state index contributed by atoms with van der Waals surface area (Å²) in [6, 6.07) is 13.9. The Morgan fingerprint density at radius 3 is 2.50 bits per heavy atom. The van der Waals surface area contributed by atoms with E-state index in [0.29, 0.717) is 13.1 Å². The highest BCUT2D eigenvalue weighted by molar-refractivity contribution is 5.78. The number of rotatable bonds is 5. The van der Waals surface area contributed by atoms with Crippen molar-refractivity contribution in [1.29, 1.82) is 0 Å². The molecule has 5 nitrogen and oxygen atoms in total. The second-order valence-electron chi connectivity index (χ2n) is 6.56. The monoisotopic (exact) mass is 354 g/mol. The molecular formula is C21H26N2O3. The number of aryl methyl sites for hydroxylation is 1. The summed E-state index contributed by atoms with van der Waals surface area (Å²) in [6.45, 7) is 7.16. The van der Waals surface area contributed by atoms with Gasteiger partial charge in [-0.25, -0.2) is 0 Å². The molecule has 0 bridgehead atoms. The number of piperazine rings is 1. The minimum Gasteiger partial charge on any atom is -0.497 e. The molecule has 26 heavy (non-hydrogen) atoms. The molecule has 1 saturated heterocycles. The molecule has 2 aromatic carbocycles. The predicted molar refractivity (Wildman–Crippen MR) is 103 cm³/mol. The van der Waals surface area contributed by atoms with Crippen LogP contribution in [-0.2, 0) is 4.79 Å². The average Bonchev–Trinajstić information content (AvgIpc) is 2.69. The van der Waals surface area contributed by atoms with Crippen molar-refractivity contribution in [2.45, 2.75) is 13.8 Å². The van der Waals surface area contributed by atoms with E-state index >= 15 is 0 Å². The van der Waals surface area contributed by atoms with Gasteiger partial charge in [0.2, 0.25) is 0 Å². The van der Waals surface area contributed by atoms with Crippen LogP contribution in [0.4, 0.5) is 5.69 Å². The molecule has 0 spiro atoms. The molecule has 0 radical (unpaired) electrons. The number of methoxy groups -OCH3 is 1. The zero-order valence-corrected chi connectivity index (χ0v) is 15.7. The van der Waals surface area contributed by atoms with E-state index < -0.39 is 0 Å². The van der Waals surface area contributed by atoms with Gasteiger partial charge in [0.1, 0.15) is 11.5 Å². The summed E-state index contributed by atoms with van der Waals surface area (Å²) in [5.74, 6) is 1.67. The number of carbonyl (C=O) groups excluding carboxylic acids is 1. The van der Waals surface area contributed by atoms with E-state index in [2.05, 4.69) is 11.0 Å². The van der Waals surface area contributed by atoms with Gasteiger partial charge < -0.3 is 19.3 Å². The van der Waals surface area contributed by atoms with Gasteiger partial charge in [0.15, 0.2) is 6.61 Å². The lowest BCUT2D eigenvalue weighted by molar-refractivity contribution is -0.133. The smallest absolute Gasteiger partial charge is 0.260 e. The van der Waals surface area contributed by atoms with Gasteiger partial charge in [-0.2, -0.15) is 0 Å². The lowest BCUT2D eigenvalue weighted by Gasteiger charge is -2.36. The van der Waals surface area contributed by atoms with Crippen molar-refractivity contribution in [2.75, 3.05) is 44.8 Å². The summed E-state index contributed by atoms with van der Waals surface area (Å²) in [4.78, 5) is 16.6. The van der Waals surface area contributed by atoms with E-state index in [4.69, 9.17) is 9.47 Å². The van der Waals surface area contributed by atoms with E-state index in [1.54, 1.807) is 7.11 Å². The number of hydrogen-bond acceptors (Lipinski definition) is 4. The molecule has 0 atom stereocenters. The Labute approximate surface area is 155 Å². The molecule has 1 fully saturated rings. The second-order valence-corrected chi connectivity index (χ2v) is 6.56. The Morgan fingerprint density at radius 1 is 1.04 bits per heavy atom. The number of benzene rings is 2. The number of ether oxygens (including phenoxy) is 2. The van der Waals surface area contributed by atoms with Gasteiger partial charge >= 0.3 is 0 Å². The normalized spacial score (nSPS) is 14.3. The number of nitrogens with zero attached hydrogens (tertiary/aromatic N) is 2. The summed E-state index contributed by atoms with van der Waals surface area (Å²) in [5, 5.41) is 0. The molecule has 0 aliphatic carbocycles. The fraction of sp³-hybridized carbons (Fsp3) is 0.381. The number of amides is 1. The minimum atomic E-state index is 0.0381. The Morgan fingerprint density at radius 2 is 1.77 bits per heavy atom. The third kappa shape index (κ3) is 4.10. The largest absolute Gasteiger partial charge is 0.497 e. The highest BCUT2D eigenvalue weighted by Crippen LogP contribution is 2.23. The molecule has 5 heteroatoms.